The van der Waals surface area contributed by atoms with Gasteiger partial charge in [0, 0.05) is 23.9 Å². The van der Waals surface area contributed by atoms with Crippen LogP contribution in [0.4, 0.5) is 0 Å². The van der Waals surface area contributed by atoms with Crippen LogP contribution >= 0.6 is 11.6 Å². The molecule has 9 heteroatoms. The van der Waals surface area contributed by atoms with Crippen LogP contribution in [0, 0.1) is 5.92 Å². The molecule has 0 saturated heterocycles. The van der Waals surface area contributed by atoms with Gasteiger partial charge in [0.25, 0.3) is 0 Å². The number of pyridine rings is 1. The fourth-order valence-corrected chi connectivity index (χ4v) is 4.47. The Labute approximate surface area is 204 Å². The molecule has 3 aromatic heterocycles. The first-order valence-electron chi connectivity index (χ1n) is 11.8. The van der Waals surface area contributed by atoms with Gasteiger partial charge in [-0.15, -0.1) is 5.10 Å². The number of rotatable bonds is 10. The first kappa shape index (κ1) is 23.9. The molecule has 0 spiro atoms. The largest absolute Gasteiger partial charge is 0.329 e. The topological polar surface area (TPSA) is 94.3 Å². The van der Waals surface area contributed by atoms with E-state index in [-0.39, 0.29) is 5.69 Å². The molecule has 3 heterocycles. The summed E-state index contributed by atoms with van der Waals surface area (Å²) in [6, 6.07) is 11.9. The van der Waals surface area contributed by atoms with Crippen molar-refractivity contribution in [2.75, 3.05) is 0 Å². The van der Waals surface area contributed by atoms with Gasteiger partial charge in [-0.05, 0) is 46.9 Å². The quantitative estimate of drug-likeness (QED) is 0.323. The molecule has 0 aliphatic carbocycles. The van der Waals surface area contributed by atoms with E-state index in [0.29, 0.717) is 30.0 Å². The number of tetrazole rings is 1. The van der Waals surface area contributed by atoms with Crippen LogP contribution in [0.15, 0.2) is 47.4 Å². The molecule has 4 rings (SSSR count). The van der Waals surface area contributed by atoms with Crippen molar-refractivity contribution in [3.05, 3.63) is 69.5 Å². The molecule has 8 nitrogen and oxygen atoms in total. The predicted octanol–water partition coefficient (Wildman–Crippen LogP) is 4.98. The van der Waals surface area contributed by atoms with Crippen LogP contribution < -0.4 is 5.69 Å². The molecule has 4 aromatic rings. The summed E-state index contributed by atoms with van der Waals surface area (Å²) in [5.74, 6) is 0.900. The number of nitrogens with one attached hydrogen (secondary N) is 1. The molecule has 0 radical (unpaired) electrons. The van der Waals surface area contributed by atoms with E-state index in [4.69, 9.17) is 11.6 Å². The number of hydrogen-bond acceptors (Lipinski definition) is 5. The minimum Gasteiger partial charge on any atom is -0.290 e. The lowest BCUT2D eigenvalue weighted by atomic mass is 10.0. The van der Waals surface area contributed by atoms with Gasteiger partial charge in [-0.3, -0.25) is 14.1 Å². The normalized spacial score (nSPS) is 11.4. The third-order valence-electron chi connectivity index (χ3n) is 5.80. The molecule has 1 aromatic carbocycles. The van der Waals surface area contributed by atoms with Crippen LogP contribution in [0.2, 0.25) is 5.15 Å². The first-order valence-corrected chi connectivity index (χ1v) is 12.1. The Hall–Kier alpha value is -3.26. The van der Waals surface area contributed by atoms with E-state index in [9.17, 15) is 4.79 Å². The average Bonchev–Trinajstić information content (AvgIpc) is 3.45. The third-order valence-corrected chi connectivity index (χ3v) is 6.23. The Morgan fingerprint density at radius 2 is 1.88 bits per heavy atom. The fourth-order valence-electron chi connectivity index (χ4n) is 4.13. The maximum absolute atomic E-state index is 13.3. The van der Waals surface area contributed by atoms with E-state index in [1.807, 2.05) is 41.0 Å². The van der Waals surface area contributed by atoms with Crippen LogP contribution in [-0.2, 0) is 19.5 Å². The number of nitrogens with zero attached hydrogens (tertiary/aromatic N) is 6. The molecule has 0 saturated carbocycles. The summed E-state index contributed by atoms with van der Waals surface area (Å²) in [6.45, 7) is 7.45. The number of benzene rings is 1. The number of imidazole rings is 1. The van der Waals surface area contributed by atoms with Crippen molar-refractivity contribution >= 4 is 11.6 Å². The minimum atomic E-state index is -0.0425. The van der Waals surface area contributed by atoms with E-state index in [1.54, 1.807) is 10.8 Å². The molecule has 0 aliphatic rings. The molecule has 0 fully saturated rings. The van der Waals surface area contributed by atoms with Gasteiger partial charge < -0.3 is 0 Å². The zero-order valence-corrected chi connectivity index (χ0v) is 20.6. The summed E-state index contributed by atoms with van der Waals surface area (Å²) in [7, 11) is 0. The van der Waals surface area contributed by atoms with Crippen LogP contribution in [0.5, 0.6) is 0 Å². The second-order valence-corrected chi connectivity index (χ2v) is 9.27. The van der Waals surface area contributed by atoms with E-state index < -0.39 is 0 Å². The summed E-state index contributed by atoms with van der Waals surface area (Å²) in [5.41, 5.74) is 4.47. The Morgan fingerprint density at radius 1 is 1.09 bits per heavy atom. The molecule has 0 atom stereocenters. The number of halogens is 1. The van der Waals surface area contributed by atoms with Crippen LogP contribution in [0.25, 0.3) is 22.6 Å². The molecule has 178 valence electrons. The molecular weight excluding hydrogens is 450 g/mol. The summed E-state index contributed by atoms with van der Waals surface area (Å²) in [4.78, 5) is 17.8. The molecule has 34 heavy (non-hydrogen) atoms. The van der Waals surface area contributed by atoms with Crippen LogP contribution in [-0.4, -0.2) is 34.7 Å². The molecule has 0 bridgehead atoms. The second kappa shape index (κ2) is 10.8. The summed E-state index contributed by atoms with van der Waals surface area (Å²) >= 11 is 6.71. The number of unbranched alkanes of at least 4 members (excludes halogenated alkanes) is 2. The highest BCUT2D eigenvalue weighted by Gasteiger charge is 2.19. The van der Waals surface area contributed by atoms with Gasteiger partial charge in [-0.1, -0.05) is 69.5 Å². The second-order valence-electron chi connectivity index (χ2n) is 8.91. The minimum absolute atomic E-state index is 0.0425. The van der Waals surface area contributed by atoms with Gasteiger partial charge in [0.05, 0.1) is 17.9 Å². The highest BCUT2D eigenvalue weighted by molar-refractivity contribution is 6.30. The summed E-state index contributed by atoms with van der Waals surface area (Å²) in [6.07, 6.45) is 5.79. The molecule has 0 aliphatic heterocycles. The van der Waals surface area contributed by atoms with Gasteiger partial charge in [-0.2, -0.15) is 0 Å². The number of hydrogen-bond donors (Lipinski definition) is 1. The van der Waals surface area contributed by atoms with Crippen molar-refractivity contribution in [1.29, 1.82) is 0 Å². The lowest BCUT2D eigenvalue weighted by Gasteiger charge is -2.10. The molecular formula is C25H30ClN7O. The average molecular weight is 480 g/mol. The van der Waals surface area contributed by atoms with Gasteiger partial charge in [0.1, 0.15) is 5.15 Å². The van der Waals surface area contributed by atoms with Crippen molar-refractivity contribution in [2.24, 2.45) is 5.92 Å². The Kier molecular flexibility index (Phi) is 7.57. The van der Waals surface area contributed by atoms with Gasteiger partial charge >= 0.3 is 5.69 Å². The van der Waals surface area contributed by atoms with Crippen molar-refractivity contribution in [1.82, 2.24) is 34.7 Å². The standard InChI is InChI=1S/C25H30ClN7O/c1-4-5-6-9-21-23(26)33(15-17(2)3)25(34)32(21)16-18-10-12-19(13-11-18)22-20(8-7-14-27-22)24-28-30-31-29-24/h7-8,10-14,17H,4-6,9,15-16H2,1-3H3,(H,28,29,30,31). The van der Waals surface area contributed by atoms with E-state index >= 15 is 0 Å². The SMILES string of the molecule is CCCCCc1c(Cl)n(CC(C)C)c(=O)n1Cc1ccc(-c2ncccc2-c2nnn[nH]2)cc1. The van der Waals surface area contributed by atoms with Crippen molar-refractivity contribution < 1.29 is 0 Å². The number of aromatic amines is 1. The Balaban J connectivity index is 1.64. The van der Waals surface area contributed by atoms with Gasteiger partial charge in [0.15, 0.2) is 5.82 Å². The van der Waals surface area contributed by atoms with Gasteiger partial charge in [-0.25, -0.2) is 9.89 Å². The fraction of sp³-hybridized carbons (Fsp3) is 0.400. The first-order chi connectivity index (χ1) is 16.5. The zero-order chi connectivity index (χ0) is 24.1. The Bertz CT molecular complexity index is 1270. The lowest BCUT2D eigenvalue weighted by Crippen LogP contribution is -2.27. The lowest BCUT2D eigenvalue weighted by molar-refractivity contribution is 0.504. The highest BCUT2D eigenvalue weighted by atomic mass is 35.5. The Morgan fingerprint density at radius 3 is 2.56 bits per heavy atom. The zero-order valence-electron chi connectivity index (χ0n) is 19.8. The summed E-state index contributed by atoms with van der Waals surface area (Å²) < 4.78 is 3.55. The molecule has 1 N–H and O–H groups in total. The van der Waals surface area contributed by atoms with E-state index in [1.165, 1.54) is 0 Å². The number of aromatic nitrogens is 7. The third kappa shape index (κ3) is 5.12. The maximum atomic E-state index is 13.3. The van der Waals surface area contributed by atoms with Crippen molar-refractivity contribution in [2.45, 2.75) is 59.5 Å². The smallest absolute Gasteiger partial charge is 0.290 e. The van der Waals surface area contributed by atoms with Crippen LogP contribution in [0.3, 0.4) is 0 Å². The van der Waals surface area contributed by atoms with Crippen LogP contribution in [0.1, 0.15) is 51.3 Å². The molecule has 0 unspecified atom stereocenters. The monoisotopic (exact) mass is 479 g/mol. The van der Waals surface area contributed by atoms with Crippen molar-refractivity contribution in [3.8, 4) is 22.6 Å². The number of H-pyrrole nitrogens is 1. The molecule has 0 amide bonds. The van der Waals surface area contributed by atoms with E-state index in [2.05, 4.69) is 46.4 Å². The summed E-state index contributed by atoms with van der Waals surface area (Å²) in [5, 5.41) is 14.7. The van der Waals surface area contributed by atoms with Gasteiger partial charge in [0.2, 0.25) is 0 Å². The maximum Gasteiger partial charge on any atom is 0.329 e. The predicted molar refractivity (Wildman–Crippen MR) is 134 cm³/mol. The highest BCUT2D eigenvalue weighted by Crippen LogP contribution is 2.28. The van der Waals surface area contributed by atoms with E-state index in [0.717, 1.165) is 53.8 Å². The van der Waals surface area contributed by atoms with Crippen molar-refractivity contribution in [3.63, 3.8) is 0 Å².